The number of hydrogen-bond acceptors (Lipinski definition) is 7. The van der Waals surface area contributed by atoms with Crippen LogP contribution in [0, 0.1) is 12.3 Å². The summed E-state index contributed by atoms with van der Waals surface area (Å²) in [5.74, 6) is -1.10. The number of carbonyl (C=O) groups is 2. The highest BCUT2D eigenvalue weighted by molar-refractivity contribution is 7.89. The lowest BCUT2D eigenvalue weighted by molar-refractivity contribution is -0.153. The molecule has 0 amide bonds. The normalized spacial score (nSPS) is 19.1. The number of rotatable bonds is 7. The van der Waals surface area contributed by atoms with Crippen LogP contribution >= 0.6 is 0 Å². The summed E-state index contributed by atoms with van der Waals surface area (Å²) < 4.78 is 37.8. The van der Waals surface area contributed by atoms with Gasteiger partial charge in [0.2, 0.25) is 10.0 Å². The summed E-state index contributed by atoms with van der Waals surface area (Å²) >= 11 is 0. The van der Waals surface area contributed by atoms with E-state index in [0.29, 0.717) is 0 Å². The van der Waals surface area contributed by atoms with E-state index in [1.807, 2.05) is 6.92 Å². The Bertz CT molecular complexity index is 891. The Morgan fingerprint density at radius 3 is 2.24 bits per heavy atom. The molecule has 1 heterocycles. The predicted molar refractivity (Wildman–Crippen MR) is 103 cm³/mol. The Balaban J connectivity index is 2.42. The smallest absolute Gasteiger partial charge is 0.302 e. The molecule has 1 aliphatic rings. The number of sulfonamides is 1. The molecule has 1 aromatic rings. The van der Waals surface area contributed by atoms with E-state index in [2.05, 4.69) is 10.0 Å². The summed E-state index contributed by atoms with van der Waals surface area (Å²) in [5.41, 5.74) is 8.76. The fourth-order valence-corrected chi connectivity index (χ4v) is 4.85. The van der Waals surface area contributed by atoms with Crippen molar-refractivity contribution in [3.63, 3.8) is 0 Å². The summed E-state index contributed by atoms with van der Waals surface area (Å²) in [6.07, 6.45) is 0.206. The fraction of sp³-hybridized carbons (Fsp3) is 0.556. The standard InChI is InChI=1S/C18H24N4O6S/c1-13-4-6-17(7-5-13)29(25,26)22-9-16(20-21-19)8-18(10-22,11-27-14(2)23)12-28-15(3)24/h4-7,16H,8-12H2,1-3H3/t16-/m1/s1. The highest BCUT2D eigenvalue weighted by Crippen LogP contribution is 2.35. The molecule has 0 aliphatic carbocycles. The van der Waals surface area contributed by atoms with Crippen molar-refractivity contribution in [1.29, 1.82) is 0 Å². The van der Waals surface area contributed by atoms with Crippen LogP contribution in [0.1, 0.15) is 25.8 Å². The summed E-state index contributed by atoms with van der Waals surface area (Å²) in [6, 6.07) is 5.67. The highest BCUT2D eigenvalue weighted by atomic mass is 32.2. The second kappa shape index (κ2) is 9.25. The monoisotopic (exact) mass is 424 g/mol. The molecule has 0 spiro atoms. The number of hydrogen-bond donors (Lipinski definition) is 0. The van der Waals surface area contributed by atoms with Crippen LogP contribution in [0.3, 0.4) is 0 Å². The van der Waals surface area contributed by atoms with Crippen molar-refractivity contribution in [3.05, 3.63) is 40.3 Å². The molecule has 1 fully saturated rings. The molecule has 1 atom stereocenters. The number of aryl methyl sites for hydroxylation is 1. The first-order valence-corrected chi connectivity index (χ1v) is 10.4. The van der Waals surface area contributed by atoms with Crippen LogP contribution in [0.2, 0.25) is 0 Å². The second-order valence-corrected chi connectivity index (χ2v) is 9.17. The minimum absolute atomic E-state index is 0.0256. The first-order valence-electron chi connectivity index (χ1n) is 8.96. The third-order valence-electron chi connectivity index (χ3n) is 4.63. The van der Waals surface area contributed by atoms with Crippen molar-refractivity contribution < 1.29 is 27.5 Å². The Morgan fingerprint density at radius 1 is 1.21 bits per heavy atom. The van der Waals surface area contributed by atoms with Gasteiger partial charge in [0.15, 0.2) is 0 Å². The molecule has 29 heavy (non-hydrogen) atoms. The minimum Gasteiger partial charge on any atom is -0.465 e. The molecule has 0 saturated carbocycles. The van der Waals surface area contributed by atoms with Gasteiger partial charge in [0.25, 0.3) is 0 Å². The zero-order valence-electron chi connectivity index (χ0n) is 16.6. The van der Waals surface area contributed by atoms with Gasteiger partial charge in [-0.3, -0.25) is 9.59 Å². The van der Waals surface area contributed by atoms with Gasteiger partial charge in [-0.2, -0.15) is 4.31 Å². The highest BCUT2D eigenvalue weighted by Gasteiger charge is 2.45. The Labute approximate surface area is 169 Å². The first kappa shape index (κ1) is 22.7. The SMILES string of the molecule is CC(=O)OCC1(COC(C)=O)C[C@@H](N=[N+]=[N-])CN(S(=O)(=O)c2ccc(C)cc2)C1. The lowest BCUT2D eigenvalue weighted by atomic mass is 9.80. The summed E-state index contributed by atoms with van der Waals surface area (Å²) in [7, 11) is -3.91. The third kappa shape index (κ3) is 5.93. The molecule has 0 radical (unpaired) electrons. The Hall–Kier alpha value is -2.62. The van der Waals surface area contributed by atoms with Gasteiger partial charge in [0, 0.05) is 31.8 Å². The molecule has 10 nitrogen and oxygen atoms in total. The quantitative estimate of drug-likeness (QED) is 0.284. The van der Waals surface area contributed by atoms with E-state index in [1.165, 1.54) is 30.3 Å². The molecule has 11 heteroatoms. The molecule has 0 unspecified atom stereocenters. The van der Waals surface area contributed by atoms with Crippen molar-refractivity contribution in [3.8, 4) is 0 Å². The van der Waals surface area contributed by atoms with Gasteiger partial charge < -0.3 is 9.47 Å². The molecule has 1 saturated heterocycles. The van der Waals surface area contributed by atoms with Crippen molar-refractivity contribution in [1.82, 2.24) is 4.31 Å². The second-order valence-electron chi connectivity index (χ2n) is 7.23. The van der Waals surface area contributed by atoms with Crippen LogP contribution in [0.15, 0.2) is 34.3 Å². The molecule has 158 valence electrons. The molecule has 0 N–H and O–H groups in total. The predicted octanol–water partition coefficient (Wildman–Crippen LogP) is 2.18. The van der Waals surface area contributed by atoms with Gasteiger partial charge in [-0.05, 0) is 31.0 Å². The molecular formula is C18H24N4O6S. The maximum Gasteiger partial charge on any atom is 0.302 e. The fourth-order valence-electron chi connectivity index (χ4n) is 3.26. The largest absolute Gasteiger partial charge is 0.465 e. The van der Waals surface area contributed by atoms with Gasteiger partial charge in [-0.1, -0.05) is 22.8 Å². The van der Waals surface area contributed by atoms with Crippen molar-refractivity contribution in [2.75, 3.05) is 26.3 Å². The van der Waals surface area contributed by atoms with Crippen LogP contribution in [-0.4, -0.2) is 57.0 Å². The maximum atomic E-state index is 13.2. The van der Waals surface area contributed by atoms with Gasteiger partial charge in [0.1, 0.15) is 13.2 Å². The number of carbonyl (C=O) groups excluding carboxylic acids is 2. The van der Waals surface area contributed by atoms with E-state index >= 15 is 0 Å². The summed E-state index contributed by atoms with van der Waals surface area (Å²) in [4.78, 5) is 25.6. The zero-order valence-corrected chi connectivity index (χ0v) is 17.4. The van der Waals surface area contributed by atoms with Crippen LogP contribution in [0.4, 0.5) is 0 Å². The van der Waals surface area contributed by atoms with Crippen LogP contribution in [-0.2, 0) is 29.1 Å². The van der Waals surface area contributed by atoms with E-state index in [-0.39, 0.29) is 37.6 Å². The number of ether oxygens (including phenoxy) is 2. The molecule has 0 aromatic heterocycles. The number of esters is 2. The van der Waals surface area contributed by atoms with Crippen LogP contribution < -0.4 is 0 Å². The van der Waals surface area contributed by atoms with E-state index in [4.69, 9.17) is 15.0 Å². The average molecular weight is 424 g/mol. The van der Waals surface area contributed by atoms with Gasteiger partial charge in [-0.25, -0.2) is 8.42 Å². The number of nitrogens with zero attached hydrogens (tertiary/aromatic N) is 4. The molecule has 0 bridgehead atoms. The van der Waals surface area contributed by atoms with Gasteiger partial charge >= 0.3 is 11.9 Å². The summed E-state index contributed by atoms with van der Waals surface area (Å²) in [5, 5.41) is 3.70. The number of benzene rings is 1. The maximum absolute atomic E-state index is 13.2. The van der Waals surface area contributed by atoms with E-state index in [0.717, 1.165) is 5.56 Å². The lowest BCUT2D eigenvalue weighted by Crippen LogP contribution is -2.55. The van der Waals surface area contributed by atoms with Gasteiger partial charge in [0.05, 0.1) is 16.4 Å². The van der Waals surface area contributed by atoms with Crippen molar-refractivity contribution in [2.24, 2.45) is 10.5 Å². The first-order chi connectivity index (χ1) is 13.6. The van der Waals surface area contributed by atoms with Crippen LogP contribution in [0.25, 0.3) is 10.4 Å². The number of piperidine rings is 1. The van der Waals surface area contributed by atoms with E-state index in [9.17, 15) is 18.0 Å². The minimum atomic E-state index is -3.91. The van der Waals surface area contributed by atoms with E-state index < -0.39 is 33.4 Å². The molecular weight excluding hydrogens is 400 g/mol. The third-order valence-corrected chi connectivity index (χ3v) is 6.46. The summed E-state index contributed by atoms with van der Waals surface area (Å²) in [6.45, 7) is 3.88. The molecule has 1 aromatic carbocycles. The Kier molecular flexibility index (Phi) is 7.23. The van der Waals surface area contributed by atoms with E-state index in [1.54, 1.807) is 12.1 Å². The molecule has 2 rings (SSSR count). The Morgan fingerprint density at radius 2 is 1.76 bits per heavy atom. The van der Waals surface area contributed by atoms with Crippen molar-refractivity contribution in [2.45, 2.75) is 38.1 Å². The van der Waals surface area contributed by atoms with Crippen molar-refractivity contribution >= 4 is 22.0 Å². The van der Waals surface area contributed by atoms with Gasteiger partial charge in [-0.15, -0.1) is 0 Å². The lowest BCUT2D eigenvalue weighted by Gasteiger charge is -2.43. The zero-order chi connectivity index (χ0) is 21.7. The molecule has 1 aliphatic heterocycles. The van der Waals surface area contributed by atoms with Crippen LogP contribution in [0.5, 0.6) is 0 Å². The topological polar surface area (TPSA) is 139 Å². The average Bonchev–Trinajstić information content (AvgIpc) is 2.65. The number of azide groups is 1.